The topological polar surface area (TPSA) is 72.5 Å². The van der Waals surface area contributed by atoms with Crippen molar-refractivity contribution in [3.8, 4) is 0 Å². The molecule has 0 amide bonds. The predicted octanol–water partition coefficient (Wildman–Crippen LogP) is 4.55. The van der Waals surface area contributed by atoms with Crippen molar-refractivity contribution in [2.24, 2.45) is 0 Å². The summed E-state index contributed by atoms with van der Waals surface area (Å²) in [5.74, 6) is -0.266. The number of ether oxygens (including phenoxy) is 6. The summed E-state index contributed by atoms with van der Waals surface area (Å²) in [6.07, 6.45) is 13.7. The second kappa shape index (κ2) is 27.3. The fourth-order valence-electron chi connectivity index (χ4n) is 2.93. The van der Waals surface area contributed by atoms with Crippen LogP contribution in [0.25, 0.3) is 0 Å². The van der Waals surface area contributed by atoms with Gasteiger partial charge in [-0.3, -0.25) is 4.79 Å². The van der Waals surface area contributed by atoms with Crippen molar-refractivity contribution in [2.45, 2.75) is 77.6 Å². The second-order valence-corrected chi connectivity index (χ2v) is 7.57. The fraction of sp³-hybridized carbons (Fsp3) is 0.958. The number of esters is 1. The van der Waals surface area contributed by atoms with E-state index in [9.17, 15) is 4.79 Å². The van der Waals surface area contributed by atoms with Gasteiger partial charge < -0.3 is 28.4 Å². The van der Waals surface area contributed by atoms with Crippen molar-refractivity contribution in [2.75, 3.05) is 73.2 Å². The molecular formula is C24H48O7. The Bertz CT molecular complexity index is 353. The van der Waals surface area contributed by atoms with Crippen LogP contribution in [-0.2, 0) is 33.2 Å². The highest BCUT2D eigenvalue weighted by atomic mass is 16.6. The van der Waals surface area contributed by atoms with Crippen molar-refractivity contribution in [3.05, 3.63) is 0 Å². The predicted molar refractivity (Wildman–Crippen MR) is 123 cm³/mol. The van der Waals surface area contributed by atoms with Gasteiger partial charge in [0.15, 0.2) is 0 Å². The van der Waals surface area contributed by atoms with Crippen LogP contribution >= 0.6 is 0 Å². The number of methoxy groups -OCH3 is 1. The van der Waals surface area contributed by atoms with E-state index in [1.807, 2.05) is 0 Å². The Morgan fingerprint density at radius 3 is 1.26 bits per heavy atom. The monoisotopic (exact) mass is 448 g/mol. The molecule has 0 aromatic heterocycles. The normalized spacial score (nSPS) is 11.2. The van der Waals surface area contributed by atoms with Crippen LogP contribution in [0.15, 0.2) is 0 Å². The van der Waals surface area contributed by atoms with Gasteiger partial charge in [0.2, 0.25) is 0 Å². The Balaban J connectivity index is 3.01. The molecule has 0 aliphatic rings. The highest BCUT2D eigenvalue weighted by molar-refractivity contribution is 5.69. The molecule has 0 saturated heterocycles. The zero-order valence-electron chi connectivity index (χ0n) is 20.2. The van der Waals surface area contributed by atoms with Crippen LogP contribution in [0.2, 0.25) is 0 Å². The number of hydrogen-bond donors (Lipinski definition) is 0. The molecule has 0 rings (SSSR count). The third kappa shape index (κ3) is 27.2. The summed E-state index contributed by atoms with van der Waals surface area (Å²) >= 11 is 0. The first kappa shape index (κ1) is 30.3. The van der Waals surface area contributed by atoms with Crippen molar-refractivity contribution >= 4 is 5.97 Å². The second-order valence-electron chi connectivity index (χ2n) is 7.57. The van der Waals surface area contributed by atoms with Crippen LogP contribution in [0.1, 0.15) is 77.6 Å². The molecule has 0 atom stereocenters. The lowest BCUT2D eigenvalue weighted by Gasteiger charge is -2.08. The minimum absolute atomic E-state index is 0.266. The largest absolute Gasteiger partial charge is 0.469 e. The van der Waals surface area contributed by atoms with Crippen molar-refractivity contribution < 1.29 is 33.2 Å². The Labute approximate surface area is 190 Å². The zero-order chi connectivity index (χ0) is 22.7. The highest BCUT2D eigenvalue weighted by Crippen LogP contribution is 2.10. The maximum absolute atomic E-state index is 10.9. The summed E-state index contributed by atoms with van der Waals surface area (Å²) in [6.45, 7) is 7.82. The highest BCUT2D eigenvalue weighted by Gasteiger charge is 1.99. The average molecular weight is 449 g/mol. The average Bonchev–Trinajstić information content (AvgIpc) is 2.78. The van der Waals surface area contributed by atoms with Crippen LogP contribution in [0.3, 0.4) is 0 Å². The van der Waals surface area contributed by atoms with Gasteiger partial charge in [0.1, 0.15) is 0 Å². The molecule has 0 bridgehead atoms. The molecule has 7 heteroatoms. The molecule has 0 unspecified atom stereocenters. The summed E-state index contributed by atoms with van der Waals surface area (Å²) < 4.78 is 31.7. The van der Waals surface area contributed by atoms with E-state index in [4.69, 9.17) is 23.7 Å². The Morgan fingerprint density at radius 2 is 0.839 bits per heavy atom. The summed E-state index contributed by atoms with van der Waals surface area (Å²) in [7, 11) is 1.37. The molecule has 0 saturated carbocycles. The van der Waals surface area contributed by atoms with Crippen LogP contribution < -0.4 is 0 Å². The van der Waals surface area contributed by atoms with Gasteiger partial charge in [0.25, 0.3) is 0 Å². The van der Waals surface area contributed by atoms with E-state index in [0.29, 0.717) is 59.5 Å². The van der Waals surface area contributed by atoms with E-state index in [2.05, 4.69) is 11.7 Å². The molecule has 0 aromatic rings. The number of carbonyl (C=O) groups is 1. The Kier molecular flexibility index (Phi) is 26.7. The SMILES string of the molecule is CCCCCCCCCCCCOCCOCCOCCOCCOCCC(=O)OC. The number of unbranched alkanes of at least 4 members (excludes halogenated alkanes) is 9. The number of rotatable bonds is 26. The van der Waals surface area contributed by atoms with E-state index >= 15 is 0 Å². The molecule has 0 fully saturated rings. The van der Waals surface area contributed by atoms with E-state index in [-0.39, 0.29) is 12.4 Å². The molecule has 0 aromatic carbocycles. The number of hydrogen-bond acceptors (Lipinski definition) is 7. The van der Waals surface area contributed by atoms with Gasteiger partial charge in [-0.2, -0.15) is 0 Å². The zero-order valence-corrected chi connectivity index (χ0v) is 20.2. The van der Waals surface area contributed by atoms with Gasteiger partial charge in [-0.1, -0.05) is 64.7 Å². The minimum Gasteiger partial charge on any atom is -0.469 e. The van der Waals surface area contributed by atoms with Crippen LogP contribution in [0.4, 0.5) is 0 Å². The smallest absolute Gasteiger partial charge is 0.307 e. The molecular weight excluding hydrogens is 400 g/mol. The molecule has 0 N–H and O–H groups in total. The molecule has 0 aliphatic heterocycles. The summed E-state index contributed by atoms with van der Waals surface area (Å²) in [4.78, 5) is 10.9. The van der Waals surface area contributed by atoms with Gasteiger partial charge in [-0.15, -0.1) is 0 Å². The van der Waals surface area contributed by atoms with Crippen LogP contribution in [-0.4, -0.2) is 79.1 Å². The summed E-state index contributed by atoms with van der Waals surface area (Å²) in [5, 5.41) is 0. The van der Waals surface area contributed by atoms with Gasteiger partial charge in [-0.05, 0) is 6.42 Å². The van der Waals surface area contributed by atoms with Crippen LogP contribution in [0.5, 0.6) is 0 Å². The molecule has 0 spiro atoms. The lowest BCUT2D eigenvalue weighted by atomic mass is 10.1. The van der Waals surface area contributed by atoms with Crippen molar-refractivity contribution in [1.82, 2.24) is 0 Å². The molecule has 186 valence electrons. The van der Waals surface area contributed by atoms with Gasteiger partial charge >= 0.3 is 5.97 Å². The lowest BCUT2D eigenvalue weighted by Crippen LogP contribution is -2.14. The van der Waals surface area contributed by atoms with E-state index in [1.54, 1.807) is 0 Å². The molecule has 0 heterocycles. The Hall–Kier alpha value is -0.730. The minimum atomic E-state index is -0.266. The van der Waals surface area contributed by atoms with Gasteiger partial charge in [0.05, 0.1) is 73.0 Å². The van der Waals surface area contributed by atoms with Gasteiger partial charge in [0, 0.05) is 6.61 Å². The summed E-state index contributed by atoms with van der Waals surface area (Å²) in [6, 6.07) is 0. The molecule has 0 aliphatic carbocycles. The van der Waals surface area contributed by atoms with E-state index in [0.717, 1.165) is 13.0 Å². The maximum Gasteiger partial charge on any atom is 0.307 e. The van der Waals surface area contributed by atoms with Crippen LogP contribution in [0, 0.1) is 0 Å². The van der Waals surface area contributed by atoms with Gasteiger partial charge in [-0.25, -0.2) is 0 Å². The van der Waals surface area contributed by atoms with Crippen molar-refractivity contribution in [3.63, 3.8) is 0 Å². The first-order chi connectivity index (χ1) is 15.3. The molecule has 7 nitrogen and oxygen atoms in total. The van der Waals surface area contributed by atoms with Crippen molar-refractivity contribution in [1.29, 1.82) is 0 Å². The van der Waals surface area contributed by atoms with E-state index in [1.165, 1.54) is 64.9 Å². The first-order valence-corrected chi connectivity index (χ1v) is 12.3. The number of carbonyl (C=O) groups excluding carboxylic acids is 1. The third-order valence-corrected chi connectivity index (χ3v) is 4.81. The molecule has 31 heavy (non-hydrogen) atoms. The molecule has 0 radical (unpaired) electrons. The van der Waals surface area contributed by atoms with E-state index < -0.39 is 0 Å². The quantitative estimate of drug-likeness (QED) is 0.142. The standard InChI is InChI=1S/C24H48O7/c1-3-4-5-6-7-8-9-10-11-12-14-27-16-18-29-20-22-31-23-21-30-19-17-28-15-13-24(25)26-2/h3-23H2,1-2H3. The lowest BCUT2D eigenvalue weighted by molar-refractivity contribution is -0.141. The first-order valence-electron chi connectivity index (χ1n) is 12.3. The maximum atomic E-state index is 10.9. The Morgan fingerprint density at radius 1 is 0.484 bits per heavy atom. The summed E-state index contributed by atoms with van der Waals surface area (Å²) in [5.41, 5.74) is 0. The fourth-order valence-corrected chi connectivity index (χ4v) is 2.93. The third-order valence-electron chi connectivity index (χ3n) is 4.81.